The predicted molar refractivity (Wildman–Crippen MR) is 109 cm³/mol. The van der Waals surface area contributed by atoms with E-state index in [1.54, 1.807) is 23.7 Å². The van der Waals surface area contributed by atoms with Crippen molar-refractivity contribution in [1.29, 1.82) is 5.41 Å². The molecule has 0 aliphatic rings. The van der Waals surface area contributed by atoms with Crippen molar-refractivity contribution in [2.75, 3.05) is 0 Å². The normalized spacial score (nSPS) is 12.2. The molecular formula is C20H20FN7O3. The molecule has 3 heterocycles. The Bertz CT molecular complexity index is 1260. The predicted octanol–water partition coefficient (Wildman–Crippen LogP) is 2.12. The van der Waals surface area contributed by atoms with Crippen LogP contribution >= 0.6 is 0 Å². The van der Waals surface area contributed by atoms with Crippen LogP contribution in [-0.2, 0) is 20.0 Å². The number of hydrogen-bond acceptors (Lipinski definition) is 8. The molecule has 1 N–H and O–H groups in total. The first kappa shape index (κ1) is 20.4. The number of fused-ring (bicyclic) bond motifs is 1. The van der Waals surface area contributed by atoms with Gasteiger partial charge in [0.15, 0.2) is 17.0 Å². The van der Waals surface area contributed by atoms with Gasteiger partial charge in [-0.15, -0.1) is 0 Å². The average Bonchev–Trinajstić information content (AvgIpc) is 3.35. The highest BCUT2D eigenvalue weighted by atomic mass is 19.1. The van der Waals surface area contributed by atoms with Gasteiger partial charge >= 0.3 is 0 Å². The van der Waals surface area contributed by atoms with Crippen LogP contribution in [0.5, 0.6) is 5.75 Å². The van der Waals surface area contributed by atoms with Crippen LogP contribution in [0.1, 0.15) is 24.6 Å². The molecule has 11 heteroatoms. The fourth-order valence-corrected chi connectivity index (χ4v) is 3.17. The van der Waals surface area contributed by atoms with Crippen LogP contribution in [0.25, 0.3) is 11.2 Å². The molecule has 0 saturated carbocycles. The second kappa shape index (κ2) is 8.86. The van der Waals surface area contributed by atoms with Gasteiger partial charge in [0.1, 0.15) is 30.5 Å². The Morgan fingerprint density at radius 3 is 2.97 bits per heavy atom. The first-order chi connectivity index (χ1) is 15.0. The molecule has 0 fully saturated rings. The molecule has 3 aromatic heterocycles. The van der Waals surface area contributed by atoms with Gasteiger partial charge in [0.05, 0.1) is 6.33 Å². The van der Waals surface area contributed by atoms with E-state index in [1.165, 1.54) is 35.6 Å². The summed E-state index contributed by atoms with van der Waals surface area (Å²) in [5.74, 6) is 0.742. The number of nitrogens with one attached hydrogen (secondary N) is 1. The van der Waals surface area contributed by atoms with Crippen molar-refractivity contribution in [3.63, 3.8) is 0 Å². The highest BCUT2D eigenvalue weighted by Gasteiger charge is 2.15. The van der Waals surface area contributed by atoms with Crippen molar-refractivity contribution >= 4 is 17.4 Å². The first-order valence-electron chi connectivity index (χ1n) is 9.62. The Balaban J connectivity index is 1.41. The Hall–Kier alpha value is -3.89. The third-order valence-electron chi connectivity index (χ3n) is 4.69. The van der Waals surface area contributed by atoms with Crippen LogP contribution in [0, 0.1) is 11.2 Å². The molecule has 0 spiro atoms. The van der Waals surface area contributed by atoms with E-state index in [2.05, 4.69) is 20.1 Å². The minimum atomic E-state index is -0.386. The summed E-state index contributed by atoms with van der Waals surface area (Å²) in [6, 6.07) is 5.87. The summed E-state index contributed by atoms with van der Waals surface area (Å²) in [7, 11) is 1.73. The monoisotopic (exact) mass is 425 g/mol. The van der Waals surface area contributed by atoms with E-state index in [0.29, 0.717) is 42.0 Å². The number of nitrogens with zero attached hydrogens (tertiary/aromatic N) is 6. The first-order valence-corrected chi connectivity index (χ1v) is 9.62. The molecule has 160 valence electrons. The van der Waals surface area contributed by atoms with E-state index >= 15 is 0 Å². The van der Waals surface area contributed by atoms with Gasteiger partial charge in [-0.3, -0.25) is 9.36 Å². The van der Waals surface area contributed by atoms with Crippen molar-refractivity contribution in [3.05, 3.63) is 64.8 Å². The van der Waals surface area contributed by atoms with Crippen LogP contribution < -0.4 is 10.3 Å². The highest BCUT2D eigenvalue weighted by Crippen LogP contribution is 2.17. The van der Waals surface area contributed by atoms with Crippen molar-refractivity contribution < 1.29 is 13.7 Å². The quantitative estimate of drug-likeness (QED) is 0.407. The zero-order chi connectivity index (χ0) is 21.8. The van der Waals surface area contributed by atoms with Crippen LogP contribution in [0.2, 0.25) is 0 Å². The second-order valence-electron chi connectivity index (χ2n) is 6.99. The largest absolute Gasteiger partial charge is 0.490 e. The molecule has 0 radical (unpaired) electrons. The molecule has 4 rings (SSSR count). The number of aryl methyl sites for hydroxylation is 2. The molecule has 1 unspecified atom stereocenters. The van der Waals surface area contributed by atoms with Crippen LogP contribution in [-0.4, -0.2) is 41.6 Å². The molecule has 1 atom stereocenters. The molecule has 0 aliphatic carbocycles. The van der Waals surface area contributed by atoms with Crippen LogP contribution in [0.3, 0.4) is 0 Å². The number of ether oxygens (including phenoxy) is 1. The SMILES string of the molecule is Cn1cnc2ncn(Cc3nc(CCC(CC=N)Oc4cccc(F)c4)no3)c(=O)c21. The van der Waals surface area contributed by atoms with Gasteiger partial charge in [0, 0.05) is 26.0 Å². The van der Waals surface area contributed by atoms with E-state index in [1.807, 2.05) is 0 Å². The maximum atomic E-state index is 13.4. The Kier molecular flexibility index (Phi) is 5.83. The summed E-state index contributed by atoms with van der Waals surface area (Å²) in [6.07, 6.45) is 5.16. The Morgan fingerprint density at radius 1 is 1.32 bits per heavy atom. The Morgan fingerprint density at radius 2 is 2.16 bits per heavy atom. The van der Waals surface area contributed by atoms with Gasteiger partial charge in [0.2, 0.25) is 5.89 Å². The maximum Gasteiger partial charge on any atom is 0.280 e. The number of halogens is 1. The lowest BCUT2D eigenvalue weighted by atomic mass is 10.1. The number of aromatic nitrogens is 6. The molecule has 0 amide bonds. The lowest BCUT2D eigenvalue weighted by Crippen LogP contribution is -2.22. The van der Waals surface area contributed by atoms with Crippen molar-refractivity contribution in [2.24, 2.45) is 7.05 Å². The topological polar surface area (TPSA) is 125 Å². The van der Waals surface area contributed by atoms with E-state index in [0.717, 1.165) is 0 Å². The van der Waals surface area contributed by atoms with Gasteiger partial charge in [-0.2, -0.15) is 4.98 Å². The molecule has 1 aromatic carbocycles. The average molecular weight is 425 g/mol. The smallest absolute Gasteiger partial charge is 0.280 e. The molecule has 31 heavy (non-hydrogen) atoms. The minimum Gasteiger partial charge on any atom is -0.490 e. The van der Waals surface area contributed by atoms with Crippen molar-refractivity contribution in [2.45, 2.75) is 31.9 Å². The number of imidazole rings is 1. The van der Waals surface area contributed by atoms with Gasteiger partial charge in [0.25, 0.3) is 5.56 Å². The van der Waals surface area contributed by atoms with Gasteiger partial charge < -0.3 is 19.2 Å². The lowest BCUT2D eigenvalue weighted by molar-refractivity contribution is 0.198. The maximum absolute atomic E-state index is 13.4. The fraction of sp³-hybridized carbons (Fsp3) is 0.300. The van der Waals surface area contributed by atoms with Crippen LogP contribution in [0.15, 0.2) is 46.2 Å². The summed E-state index contributed by atoms with van der Waals surface area (Å²) in [5.41, 5.74) is 0.524. The third kappa shape index (κ3) is 4.65. The molecule has 0 bridgehead atoms. The van der Waals surface area contributed by atoms with Gasteiger partial charge in [-0.05, 0) is 24.8 Å². The summed E-state index contributed by atoms with van der Waals surface area (Å²) < 4.78 is 27.4. The van der Waals surface area contributed by atoms with E-state index in [9.17, 15) is 9.18 Å². The van der Waals surface area contributed by atoms with Gasteiger partial charge in [-0.25, -0.2) is 14.4 Å². The minimum absolute atomic E-state index is 0.0870. The molecule has 0 aliphatic heterocycles. The number of benzene rings is 1. The summed E-state index contributed by atoms with van der Waals surface area (Å²) in [5, 5.41) is 11.3. The van der Waals surface area contributed by atoms with Crippen molar-refractivity contribution in [3.8, 4) is 5.75 Å². The number of hydrogen-bond donors (Lipinski definition) is 1. The third-order valence-corrected chi connectivity index (χ3v) is 4.69. The summed E-state index contributed by atoms with van der Waals surface area (Å²) >= 11 is 0. The number of rotatable bonds is 9. The molecular weight excluding hydrogens is 405 g/mol. The zero-order valence-electron chi connectivity index (χ0n) is 16.7. The Labute approximate surface area is 175 Å². The lowest BCUT2D eigenvalue weighted by Gasteiger charge is -2.16. The molecule has 0 saturated heterocycles. The van der Waals surface area contributed by atoms with Crippen LogP contribution in [0.4, 0.5) is 4.39 Å². The highest BCUT2D eigenvalue weighted by molar-refractivity contribution is 5.68. The van der Waals surface area contributed by atoms with E-state index in [-0.39, 0.29) is 29.9 Å². The van der Waals surface area contributed by atoms with E-state index in [4.69, 9.17) is 14.7 Å². The van der Waals surface area contributed by atoms with E-state index < -0.39 is 0 Å². The summed E-state index contributed by atoms with van der Waals surface area (Å²) in [6.45, 7) is 0.0870. The summed E-state index contributed by atoms with van der Waals surface area (Å²) in [4.78, 5) is 25.2. The standard InChI is InChI=1S/C20H20FN7O3/c1-27-11-23-19-18(27)20(29)28(12-24-19)10-17-25-16(26-31-17)6-5-14(7-8-22)30-15-4-2-3-13(21)9-15/h2-4,8-9,11-12,14,22H,5-7,10H2,1H3. The molecule has 4 aromatic rings. The van der Waals surface area contributed by atoms with Crippen molar-refractivity contribution in [1.82, 2.24) is 29.2 Å². The zero-order valence-corrected chi connectivity index (χ0v) is 16.7. The molecule has 10 nitrogen and oxygen atoms in total. The second-order valence-corrected chi connectivity index (χ2v) is 6.99. The van der Waals surface area contributed by atoms with Gasteiger partial charge in [-0.1, -0.05) is 11.2 Å². The fourth-order valence-electron chi connectivity index (χ4n) is 3.17.